The largest absolute Gasteiger partial charge is 0.493 e. The number of anilines is 1. The van der Waals surface area contributed by atoms with Gasteiger partial charge >= 0.3 is 0 Å². The zero-order valence-electron chi connectivity index (χ0n) is 12.0. The number of carbonyl (C=O) groups excluding carboxylic acids is 1. The van der Waals surface area contributed by atoms with Crippen LogP contribution in [0.2, 0.25) is 0 Å². The van der Waals surface area contributed by atoms with E-state index in [1.807, 2.05) is 0 Å². The molecule has 0 aliphatic rings. The monoisotopic (exact) mass is 301 g/mol. The minimum absolute atomic E-state index is 0.277. The Morgan fingerprint density at radius 3 is 2.05 bits per heavy atom. The van der Waals surface area contributed by atoms with Gasteiger partial charge in [-0.05, 0) is 0 Å². The molecule has 2 atom stereocenters. The Balaban J connectivity index is 3.01. The number of hydrogen-bond acceptors (Lipinski definition) is 7. The lowest BCUT2D eigenvalue weighted by Gasteiger charge is -2.17. The third-order valence-corrected chi connectivity index (χ3v) is 2.75. The number of aliphatic hydroxyl groups is 3. The van der Waals surface area contributed by atoms with Gasteiger partial charge in [0.2, 0.25) is 5.75 Å². The standard InChI is InChI=1S/C13H19NO7/c1-19-9-4-7(5-10(20-2)12(9)21-3)14-13(18)11(17)8(16)6-15/h4-5,8,11,15-17H,6H2,1-3H3,(H,14,18). The fraction of sp³-hybridized carbons (Fsp3) is 0.462. The molecule has 0 radical (unpaired) electrons. The van der Waals surface area contributed by atoms with Crippen molar-refractivity contribution in [1.82, 2.24) is 0 Å². The zero-order chi connectivity index (χ0) is 16.0. The number of carbonyl (C=O) groups is 1. The molecule has 0 aliphatic carbocycles. The van der Waals surface area contributed by atoms with Crippen LogP contribution in [0.1, 0.15) is 0 Å². The van der Waals surface area contributed by atoms with Gasteiger partial charge in [-0.2, -0.15) is 0 Å². The number of methoxy groups -OCH3 is 3. The fourth-order valence-electron chi connectivity index (χ4n) is 1.64. The maximum atomic E-state index is 11.7. The molecule has 0 heterocycles. The van der Waals surface area contributed by atoms with E-state index in [0.717, 1.165) is 0 Å². The van der Waals surface area contributed by atoms with Crippen LogP contribution in [0.15, 0.2) is 12.1 Å². The average Bonchev–Trinajstić information content (AvgIpc) is 2.51. The number of ether oxygens (including phenoxy) is 3. The molecule has 0 saturated heterocycles. The number of hydrogen-bond donors (Lipinski definition) is 4. The molecule has 0 spiro atoms. The van der Waals surface area contributed by atoms with Gasteiger partial charge in [-0.3, -0.25) is 4.79 Å². The second-order valence-corrected chi connectivity index (χ2v) is 4.10. The topological polar surface area (TPSA) is 117 Å². The van der Waals surface area contributed by atoms with Gasteiger partial charge in [0.15, 0.2) is 17.6 Å². The third kappa shape index (κ3) is 3.97. The summed E-state index contributed by atoms with van der Waals surface area (Å²) in [4.78, 5) is 11.7. The lowest BCUT2D eigenvalue weighted by molar-refractivity contribution is -0.131. The number of nitrogens with one attached hydrogen (secondary N) is 1. The van der Waals surface area contributed by atoms with Crippen LogP contribution in [0.5, 0.6) is 17.2 Å². The van der Waals surface area contributed by atoms with Crippen molar-refractivity contribution in [1.29, 1.82) is 0 Å². The van der Waals surface area contributed by atoms with E-state index in [-0.39, 0.29) is 5.69 Å². The van der Waals surface area contributed by atoms with E-state index in [2.05, 4.69) is 5.32 Å². The quantitative estimate of drug-likeness (QED) is 0.529. The first-order valence-electron chi connectivity index (χ1n) is 6.06. The Kier molecular flexibility index (Phi) is 6.22. The lowest BCUT2D eigenvalue weighted by atomic mass is 10.2. The summed E-state index contributed by atoms with van der Waals surface area (Å²) in [6, 6.07) is 2.94. The molecule has 1 rings (SSSR count). The van der Waals surface area contributed by atoms with Crippen molar-refractivity contribution in [3.63, 3.8) is 0 Å². The molecule has 118 valence electrons. The fourth-order valence-corrected chi connectivity index (χ4v) is 1.64. The Morgan fingerprint density at radius 1 is 1.14 bits per heavy atom. The first kappa shape index (κ1) is 17.0. The molecule has 8 heteroatoms. The van der Waals surface area contributed by atoms with E-state index in [0.29, 0.717) is 17.2 Å². The van der Waals surface area contributed by atoms with Crippen molar-refractivity contribution in [3.8, 4) is 17.2 Å². The number of benzene rings is 1. The van der Waals surface area contributed by atoms with Gasteiger partial charge < -0.3 is 34.8 Å². The van der Waals surface area contributed by atoms with E-state index in [4.69, 9.17) is 19.3 Å². The highest BCUT2D eigenvalue weighted by Gasteiger charge is 2.24. The predicted molar refractivity (Wildman–Crippen MR) is 73.8 cm³/mol. The highest BCUT2D eigenvalue weighted by atomic mass is 16.5. The van der Waals surface area contributed by atoms with Gasteiger partial charge in [-0.15, -0.1) is 0 Å². The molecule has 0 aromatic heterocycles. The van der Waals surface area contributed by atoms with E-state index in [9.17, 15) is 15.0 Å². The summed E-state index contributed by atoms with van der Waals surface area (Å²) in [6.07, 6.45) is -3.32. The Morgan fingerprint density at radius 2 is 1.67 bits per heavy atom. The van der Waals surface area contributed by atoms with Crippen LogP contribution in [-0.2, 0) is 4.79 Å². The first-order valence-corrected chi connectivity index (χ1v) is 6.06. The molecule has 2 unspecified atom stereocenters. The highest BCUT2D eigenvalue weighted by molar-refractivity contribution is 5.95. The second kappa shape index (κ2) is 7.67. The summed E-state index contributed by atoms with van der Waals surface area (Å²) in [5, 5.41) is 29.8. The van der Waals surface area contributed by atoms with Gasteiger partial charge in [0.25, 0.3) is 5.91 Å². The molecule has 0 saturated carbocycles. The van der Waals surface area contributed by atoms with Crippen molar-refractivity contribution in [2.45, 2.75) is 12.2 Å². The van der Waals surface area contributed by atoms with Gasteiger partial charge in [-0.1, -0.05) is 0 Å². The molecular weight excluding hydrogens is 282 g/mol. The minimum atomic E-state index is -1.76. The smallest absolute Gasteiger partial charge is 0.256 e. The Bertz CT molecular complexity index is 466. The normalized spacial score (nSPS) is 13.2. The van der Waals surface area contributed by atoms with E-state index >= 15 is 0 Å². The molecule has 21 heavy (non-hydrogen) atoms. The summed E-state index contributed by atoms with van der Waals surface area (Å²) >= 11 is 0. The minimum Gasteiger partial charge on any atom is -0.493 e. The van der Waals surface area contributed by atoms with Crippen LogP contribution in [0.4, 0.5) is 5.69 Å². The summed E-state index contributed by atoms with van der Waals surface area (Å²) in [5.74, 6) is 0.133. The van der Waals surface area contributed by atoms with Crippen molar-refractivity contribution in [2.24, 2.45) is 0 Å². The summed E-state index contributed by atoms with van der Waals surface area (Å²) in [5.41, 5.74) is 0.277. The molecule has 0 bridgehead atoms. The maximum Gasteiger partial charge on any atom is 0.256 e. The zero-order valence-corrected chi connectivity index (χ0v) is 12.0. The van der Waals surface area contributed by atoms with Crippen molar-refractivity contribution < 1.29 is 34.3 Å². The highest BCUT2D eigenvalue weighted by Crippen LogP contribution is 2.39. The van der Waals surface area contributed by atoms with Crippen molar-refractivity contribution in [3.05, 3.63) is 12.1 Å². The van der Waals surface area contributed by atoms with Crippen LogP contribution in [0.25, 0.3) is 0 Å². The van der Waals surface area contributed by atoms with Crippen LogP contribution < -0.4 is 19.5 Å². The Hall–Kier alpha value is -2.03. The molecule has 0 fully saturated rings. The van der Waals surface area contributed by atoms with Crippen molar-refractivity contribution >= 4 is 11.6 Å². The molecule has 8 nitrogen and oxygen atoms in total. The summed E-state index contributed by atoms with van der Waals surface area (Å²) < 4.78 is 15.4. The number of amides is 1. The maximum absolute atomic E-state index is 11.7. The second-order valence-electron chi connectivity index (χ2n) is 4.10. The van der Waals surface area contributed by atoms with E-state index in [1.54, 1.807) is 0 Å². The van der Waals surface area contributed by atoms with Crippen LogP contribution in [0.3, 0.4) is 0 Å². The Labute approximate surface area is 121 Å². The lowest BCUT2D eigenvalue weighted by Crippen LogP contribution is -2.40. The molecular formula is C13H19NO7. The van der Waals surface area contributed by atoms with Gasteiger partial charge in [-0.25, -0.2) is 0 Å². The number of aliphatic hydroxyl groups excluding tert-OH is 3. The van der Waals surface area contributed by atoms with E-state index in [1.165, 1.54) is 33.5 Å². The summed E-state index contributed by atoms with van der Waals surface area (Å²) in [7, 11) is 4.29. The molecule has 1 amide bonds. The SMILES string of the molecule is COc1cc(NC(=O)C(O)C(O)CO)cc(OC)c1OC. The number of rotatable bonds is 7. The predicted octanol–water partition coefficient (Wildman–Crippen LogP) is -0.635. The van der Waals surface area contributed by atoms with Gasteiger partial charge in [0, 0.05) is 17.8 Å². The third-order valence-electron chi connectivity index (χ3n) is 2.75. The molecule has 1 aromatic carbocycles. The average molecular weight is 301 g/mol. The molecule has 1 aromatic rings. The van der Waals surface area contributed by atoms with Crippen LogP contribution in [-0.4, -0.2) is 61.4 Å². The molecule has 4 N–H and O–H groups in total. The van der Waals surface area contributed by atoms with Crippen molar-refractivity contribution in [2.75, 3.05) is 33.3 Å². The van der Waals surface area contributed by atoms with Crippen LogP contribution in [0, 0.1) is 0 Å². The summed E-state index contributed by atoms with van der Waals surface area (Å²) in [6.45, 7) is -0.732. The van der Waals surface area contributed by atoms with Gasteiger partial charge in [0.05, 0.1) is 27.9 Å². The van der Waals surface area contributed by atoms with Crippen LogP contribution >= 0.6 is 0 Å². The van der Waals surface area contributed by atoms with E-state index < -0.39 is 24.7 Å². The molecule has 0 aliphatic heterocycles. The van der Waals surface area contributed by atoms with Gasteiger partial charge in [0.1, 0.15) is 6.10 Å². The first-order chi connectivity index (χ1) is 9.98.